The van der Waals surface area contributed by atoms with Gasteiger partial charge in [-0.2, -0.15) is 0 Å². The summed E-state index contributed by atoms with van der Waals surface area (Å²) in [5.74, 6) is -0.211. The van der Waals surface area contributed by atoms with Gasteiger partial charge in [0, 0.05) is 29.6 Å². The van der Waals surface area contributed by atoms with Crippen LogP contribution < -0.4 is 0 Å². The monoisotopic (exact) mass is 420 g/mol. The lowest BCUT2D eigenvalue weighted by Gasteiger charge is -2.14. The van der Waals surface area contributed by atoms with E-state index in [1.165, 1.54) is 0 Å². The third-order valence-electron chi connectivity index (χ3n) is 4.46. The first kappa shape index (κ1) is 20.5. The van der Waals surface area contributed by atoms with Crippen molar-refractivity contribution >= 4 is 40.1 Å². The lowest BCUT2D eigenvalue weighted by molar-refractivity contribution is 0.0515. The molecule has 1 aromatic heterocycles. The van der Waals surface area contributed by atoms with Crippen LogP contribution >= 0.6 is 23.2 Å². The van der Waals surface area contributed by atoms with Crippen molar-refractivity contribution in [2.24, 2.45) is 0 Å². The predicted octanol–water partition coefficient (Wildman–Crippen LogP) is 4.94. The quantitative estimate of drug-likeness (QED) is 0.573. The molecule has 3 rings (SSSR count). The highest BCUT2D eigenvalue weighted by atomic mass is 35.5. The third-order valence-corrected chi connectivity index (χ3v) is 5.19. The average molecular weight is 421 g/mol. The fraction of sp³-hybridized carbons (Fsp3) is 0.286. The van der Waals surface area contributed by atoms with Gasteiger partial charge in [0.05, 0.1) is 16.7 Å². The molecule has 1 N–H and O–H groups in total. The summed E-state index contributed by atoms with van der Waals surface area (Å²) in [6.07, 6.45) is 0. The number of hydrogen-bond donors (Lipinski definition) is 1. The van der Waals surface area contributed by atoms with Gasteiger partial charge in [0.1, 0.15) is 11.4 Å². The molecule has 0 spiro atoms. The Balaban J connectivity index is 2.18. The number of phenols is 1. The molecule has 5 nitrogen and oxygen atoms in total. The average Bonchev–Trinajstić information content (AvgIpc) is 2.99. The smallest absolute Gasteiger partial charge is 0.354 e. The Labute approximate surface area is 174 Å². The maximum atomic E-state index is 12.6. The minimum absolute atomic E-state index is 0.197. The highest BCUT2D eigenvalue weighted by Crippen LogP contribution is 2.32. The van der Waals surface area contributed by atoms with E-state index < -0.39 is 5.97 Å². The number of aromatic hydroxyl groups is 1. The summed E-state index contributed by atoms with van der Waals surface area (Å²) < 4.78 is 7.13. The van der Waals surface area contributed by atoms with E-state index in [4.69, 9.17) is 27.9 Å². The second-order valence-electron chi connectivity index (χ2n) is 6.82. The van der Waals surface area contributed by atoms with E-state index in [2.05, 4.69) is 0 Å². The topological polar surface area (TPSA) is 54.7 Å². The summed E-state index contributed by atoms with van der Waals surface area (Å²) >= 11 is 12.2. The van der Waals surface area contributed by atoms with Crippen molar-refractivity contribution < 1.29 is 14.6 Å². The number of hydrogen-bond acceptors (Lipinski definition) is 4. The number of benzene rings is 2. The number of nitrogens with zero attached hydrogens (tertiary/aromatic N) is 2. The normalized spacial score (nSPS) is 11.4. The second-order valence-corrected chi connectivity index (χ2v) is 7.63. The summed E-state index contributed by atoms with van der Waals surface area (Å²) in [6.45, 7) is 3.01. The number of fused-ring (bicyclic) bond motifs is 1. The van der Waals surface area contributed by atoms with Crippen LogP contribution in [0.1, 0.15) is 28.5 Å². The number of phenolic OH excluding ortho intramolecular Hbond substituents is 1. The van der Waals surface area contributed by atoms with Crippen LogP contribution in [0.3, 0.4) is 0 Å². The van der Waals surface area contributed by atoms with E-state index in [-0.39, 0.29) is 12.4 Å². The molecule has 0 atom stereocenters. The highest BCUT2D eigenvalue weighted by Gasteiger charge is 2.20. The van der Waals surface area contributed by atoms with Crippen molar-refractivity contribution in [1.82, 2.24) is 9.47 Å². The minimum atomic E-state index is -0.408. The van der Waals surface area contributed by atoms with Gasteiger partial charge in [-0.05, 0) is 56.9 Å². The van der Waals surface area contributed by atoms with Crippen LogP contribution in [0.4, 0.5) is 0 Å². The van der Waals surface area contributed by atoms with Gasteiger partial charge in [-0.25, -0.2) is 4.79 Å². The Kier molecular flexibility index (Phi) is 6.18. The molecule has 3 aromatic rings. The fourth-order valence-electron chi connectivity index (χ4n) is 3.23. The molecular weight excluding hydrogens is 399 g/mol. The molecule has 28 heavy (non-hydrogen) atoms. The van der Waals surface area contributed by atoms with Crippen molar-refractivity contribution in [2.75, 3.05) is 20.7 Å². The zero-order chi connectivity index (χ0) is 20.4. The van der Waals surface area contributed by atoms with E-state index in [9.17, 15) is 9.90 Å². The molecule has 0 fully saturated rings. The fourth-order valence-corrected chi connectivity index (χ4v) is 3.55. The molecule has 1 heterocycles. The van der Waals surface area contributed by atoms with Crippen molar-refractivity contribution in [2.45, 2.75) is 20.0 Å². The summed E-state index contributed by atoms with van der Waals surface area (Å²) in [5.41, 5.74) is 2.93. The number of halogens is 2. The molecule has 0 bridgehead atoms. The molecule has 0 aliphatic rings. The largest absolute Gasteiger partial charge is 0.508 e. The lowest BCUT2D eigenvalue weighted by atomic mass is 10.1. The van der Waals surface area contributed by atoms with Crippen LogP contribution in [-0.2, 0) is 17.8 Å². The van der Waals surface area contributed by atoms with Crippen molar-refractivity contribution in [1.29, 1.82) is 0 Å². The maximum Gasteiger partial charge on any atom is 0.354 e. The van der Waals surface area contributed by atoms with Gasteiger partial charge in [0.25, 0.3) is 0 Å². The standard InChI is InChI=1S/C21H22Cl2N2O3/c1-4-28-21(27)19-10-14-15(12-24(2)3)20(26)8-7-18(14)25(19)11-13-5-6-16(22)17(23)9-13/h5-10,26H,4,11-12H2,1-3H3. The molecule has 148 valence electrons. The Bertz CT molecular complexity index is 1030. The van der Waals surface area contributed by atoms with Crippen molar-refractivity contribution in [3.05, 3.63) is 63.3 Å². The molecule has 0 aliphatic carbocycles. The molecule has 0 radical (unpaired) electrons. The van der Waals surface area contributed by atoms with Crippen molar-refractivity contribution in [3.8, 4) is 5.75 Å². The maximum absolute atomic E-state index is 12.6. The predicted molar refractivity (Wildman–Crippen MR) is 113 cm³/mol. The first-order chi connectivity index (χ1) is 13.3. The lowest BCUT2D eigenvalue weighted by Crippen LogP contribution is -2.13. The number of esters is 1. The van der Waals surface area contributed by atoms with E-state index in [0.29, 0.717) is 28.8 Å². The SMILES string of the molecule is CCOC(=O)c1cc2c(CN(C)C)c(O)ccc2n1Cc1ccc(Cl)c(Cl)c1. The number of rotatable bonds is 6. The van der Waals surface area contributed by atoms with Crippen LogP contribution in [0.25, 0.3) is 10.9 Å². The number of ether oxygens (including phenoxy) is 1. The third kappa shape index (κ3) is 4.12. The molecule has 0 saturated carbocycles. The van der Waals surface area contributed by atoms with Gasteiger partial charge in [0.15, 0.2) is 0 Å². The van der Waals surface area contributed by atoms with Crippen LogP contribution in [-0.4, -0.2) is 41.2 Å². The van der Waals surface area contributed by atoms with E-state index in [1.54, 1.807) is 31.2 Å². The van der Waals surface area contributed by atoms with Crippen LogP contribution in [0.5, 0.6) is 5.75 Å². The Morgan fingerprint density at radius 3 is 2.54 bits per heavy atom. The van der Waals surface area contributed by atoms with E-state index in [0.717, 1.165) is 22.0 Å². The number of carbonyl (C=O) groups is 1. The summed E-state index contributed by atoms with van der Waals surface area (Å²) in [5, 5.41) is 12.1. The van der Waals surface area contributed by atoms with Crippen LogP contribution in [0, 0.1) is 0 Å². The zero-order valence-electron chi connectivity index (χ0n) is 16.0. The first-order valence-electron chi connectivity index (χ1n) is 8.91. The second kappa shape index (κ2) is 8.43. The van der Waals surface area contributed by atoms with E-state index in [1.807, 2.05) is 35.7 Å². The Morgan fingerprint density at radius 2 is 1.89 bits per heavy atom. The molecule has 0 aliphatic heterocycles. The van der Waals surface area contributed by atoms with Gasteiger partial charge in [-0.1, -0.05) is 29.3 Å². The number of carbonyl (C=O) groups excluding carboxylic acids is 1. The van der Waals surface area contributed by atoms with Crippen molar-refractivity contribution in [3.63, 3.8) is 0 Å². The van der Waals surface area contributed by atoms with Gasteiger partial charge >= 0.3 is 5.97 Å². The van der Waals surface area contributed by atoms with Gasteiger partial charge in [0.2, 0.25) is 0 Å². The van der Waals surface area contributed by atoms with Gasteiger partial charge in [-0.15, -0.1) is 0 Å². The molecule has 0 saturated heterocycles. The van der Waals surface area contributed by atoms with E-state index >= 15 is 0 Å². The Morgan fingerprint density at radius 1 is 1.14 bits per heavy atom. The molecule has 0 unspecified atom stereocenters. The molecule has 2 aromatic carbocycles. The minimum Gasteiger partial charge on any atom is -0.508 e. The molecule has 0 amide bonds. The van der Waals surface area contributed by atoms with Gasteiger partial charge < -0.3 is 19.3 Å². The number of aromatic nitrogens is 1. The summed E-state index contributed by atoms with van der Waals surface area (Å²) in [6, 6.07) is 10.6. The molecule has 7 heteroatoms. The van der Waals surface area contributed by atoms with Crippen LogP contribution in [0.2, 0.25) is 10.0 Å². The Hall–Kier alpha value is -2.21. The summed E-state index contributed by atoms with van der Waals surface area (Å²) in [4.78, 5) is 14.6. The van der Waals surface area contributed by atoms with Crippen LogP contribution in [0.15, 0.2) is 36.4 Å². The first-order valence-corrected chi connectivity index (χ1v) is 9.67. The zero-order valence-corrected chi connectivity index (χ0v) is 17.5. The molecular formula is C21H22Cl2N2O3. The summed E-state index contributed by atoms with van der Waals surface area (Å²) in [7, 11) is 3.86. The highest BCUT2D eigenvalue weighted by molar-refractivity contribution is 6.42. The van der Waals surface area contributed by atoms with Gasteiger partial charge in [-0.3, -0.25) is 0 Å².